The third-order valence-electron chi connectivity index (χ3n) is 3.78. The van der Waals surface area contributed by atoms with Crippen molar-refractivity contribution in [3.05, 3.63) is 47.7 Å². The van der Waals surface area contributed by atoms with E-state index in [-0.39, 0.29) is 25.5 Å². The minimum Gasteiger partial charge on any atom is -0.477 e. The molecular formula is C20H26N2O7. The number of carbonyl (C=O) groups is 3. The van der Waals surface area contributed by atoms with Crippen LogP contribution in [-0.4, -0.2) is 59.6 Å². The monoisotopic (exact) mass is 406 g/mol. The van der Waals surface area contributed by atoms with Crippen molar-refractivity contribution in [2.45, 2.75) is 39.1 Å². The number of alkyl carbamates (subject to hydrolysis) is 1. The molecule has 158 valence electrons. The lowest BCUT2D eigenvalue weighted by molar-refractivity contribution is -0.133. The van der Waals surface area contributed by atoms with Gasteiger partial charge in [0.15, 0.2) is 0 Å². The first-order chi connectivity index (χ1) is 13.6. The highest BCUT2D eigenvalue weighted by atomic mass is 16.6. The first kappa shape index (κ1) is 22.2. The molecule has 1 saturated heterocycles. The third-order valence-corrected chi connectivity index (χ3v) is 3.78. The second-order valence-corrected chi connectivity index (χ2v) is 7.41. The minimum atomic E-state index is -1.35. The maximum atomic E-state index is 12.2. The highest BCUT2D eigenvalue weighted by molar-refractivity contribution is 5.90. The summed E-state index contributed by atoms with van der Waals surface area (Å²) in [5.74, 6) is -1.35. The molecule has 9 nitrogen and oxygen atoms in total. The standard InChI is InChI=1S/C20H26N2O7/c1-20(2,3)29-19(26)22-9-10-27-15(12-22)11-16(17(23)24)21-18(25)28-13-14-7-5-4-6-8-14/h4-8,11,15H,9-10,12-13H2,1-3H3,(H,21,25)(H,23,24)/b16-11-/t15-/m0/s1. The van der Waals surface area contributed by atoms with Gasteiger partial charge >= 0.3 is 18.2 Å². The number of benzene rings is 1. The van der Waals surface area contributed by atoms with Crippen LogP contribution in [0.15, 0.2) is 42.1 Å². The van der Waals surface area contributed by atoms with Crippen LogP contribution in [0.4, 0.5) is 9.59 Å². The number of rotatable bonds is 5. The largest absolute Gasteiger partial charge is 0.477 e. The number of carboxylic acids is 1. The van der Waals surface area contributed by atoms with Crippen LogP contribution >= 0.6 is 0 Å². The van der Waals surface area contributed by atoms with Gasteiger partial charge in [0.25, 0.3) is 0 Å². The molecular weight excluding hydrogens is 380 g/mol. The highest BCUT2D eigenvalue weighted by Crippen LogP contribution is 2.14. The van der Waals surface area contributed by atoms with E-state index in [9.17, 15) is 19.5 Å². The number of hydrogen-bond donors (Lipinski definition) is 2. The Labute approximate surface area is 169 Å². The Hall–Kier alpha value is -3.07. The number of nitrogens with zero attached hydrogens (tertiary/aromatic N) is 1. The molecule has 0 unspecified atom stereocenters. The molecule has 1 aliphatic rings. The van der Waals surface area contributed by atoms with Crippen LogP contribution in [0.2, 0.25) is 0 Å². The molecule has 2 rings (SSSR count). The van der Waals surface area contributed by atoms with Gasteiger partial charge in [0, 0.05) is 6.54 Å². The summed E-state index contributed by atoms with van der Waals surface area (Å²) in [5.41, 5.74) is -0.261. The third kappa shape index (κ3) is 7.82. The second kappa shape index (κ2) is 9.92. The molecule has 0 bridgehead atoms. The van der Waals surface area contributed by atoms with E-state index in [1.54, 1.807) is 45.0 Å². The number of amides is 2. The summed E-state index contributed by atoms with van der Waals surface area (Å²) in [7, 11) is 0. The van der Waals surface area contributed by atoms with E-state index < -0.39 is 29.9 Å². The number of carbonyl (C=O) groups excluding carboxylic acids is 2. The van der Waals surface area contributed by atoms with E-state index in [4.69, 9.17) is 14.2 Å². The number of morpholine rings is 1. The second-order valence-electron chi connectivity index (χ2n) is 7.41. The summed E-state index contributed by atoms with van der Waals surface area (Å²) in [4.78, 5) is 37.1. The average molecular weight is 406 g/mol. The lowest BCUT2D eigenvalue weighted by atomic mass is 10.2. The number of carboxylic acid groups (broad SMARTS) is 1. The Bertz CT molecular complexity index is 756. The Morgan fingerprint density at radius 3 is 2.59 bits per heavy atom. The molecule has 29 heavy (non-hydrogen) atoms. The van der Waals surface area contributed by atoms with Crippen molar-refractivity contribution in [1.29, 1.82) is 0 Å². The zero-order valence-corrected chi connectivity index (χ0v) is 16.7. The van der Waals surface area contributed by atoms with Gasteiger partial charge in [-0.2, -0.15) is 0 Å². The molecule has 0 spiro atoms. The van der Waals surface area contributed by atoms with Crippen LogP contribution < -0.4 is 5.32 Å². The van der Waals surface area contributed by atoms with E-state index >= 15 is 0 Å². The maximum Gasteiger partial charge on any atom is 0.412 e. The number of hydrogen-bond acceptors (Lipinski definition) is 6. The van der Waals surface area contributed by atoms with E-state index in [2.05, 4.69) is 5.32 Å². The molecule has 0 radical (unpaired) electrons. The molecule has 1 heterocycles. The highest BCUT2D eigenvalue weighted by Gasteiger charge is 2.28. The quantitative estimate of drug-likeness (QED) is 0.722. The van der Waals surface area contributed by atoms with Gasteiger partial charge in [0.05, 0.1) is 19.3 Å². The fourth-order valence-electron chi connectivity index (χ4n) is 2.49. The van der Waals surface area contributed by atoms with Crippen LogP contribution in [0, 0.1) is 0 Å². The van der Waals surface area contributed by atoms with Crippen molar-refractivity contribution in [3.8, 4) is 0 Å². The number of aliphatic carboxylic acids is 1. The van der Waals surface area contributed by atoms with Crippen LogP contribution in [0.25, 0.3) is 0 Å². The van der Waals surface area contributed by atoms with Crippen molar-refractivity contribution < 1.29 is 33.7 Å². The lowest BCUT2D eigenvalue weighted by Crippen LogP contribution is -2.47. The smallest absolute Gasteiger partial charge is 0.412 e. The molecule has 1 aromatic carbocycles. The zero-order valence-electron chi connectivity index (χ0n) is 16.7. The molecule has 0 aliphatic carbocycles. The summed E-state index contributed by atoms with van der Waals surface area (Å²) in [6.45, 7) is 5.93. The van der Waals surface area contributed by atoms with Crippen molar-refractivity contribution in [1.82, 2.24) is 10.2 Å². The summed E-state index contributed by atoms with van der Waals surface area (Å²) in [6.07, 6.45) is -0.881. The number of nitrogens with one attached hydrogen (secondary N) is 1. The van der Waals surface area contributed by atoms with Crippen molar-refractivity contribution in [2.24, 2.45) is 0 Å². The Morgan fingerprint density at radius 2 is 1.97 bits per heavy atom. The predicted octanol–water partition coefficient (Wildman–Crippen LogP) is 2.52. The van der Waals surface area contributed by atoms with Crippen molar-refractivity contribution in [2.75, 3.05) is 19.7 Å². The topological polar surface area (TPSA) is 114 Å². The molecule has 0 saturated carbocycles. The van der Waals surface area contributed by atoms with Crippen LogP contribution in [-0.2, 0) is 25.6 Å². The Kier molecular flexibility index (Phi) is 7.60. The van der Waals surface area contributed by atoms with Crippen LogP contribution in [0.3, 0.4) is 0 Å². The SMILES string of the molecule is CC(C)(C)OC(=O)N1CCO[C@@H](/C=C(\NC(=O)OCc2ccccc2)C(=O)O)C1. The predicted molar refractivity (Wildman–Crippen MR) is 103 cm³/mol. The first-order valence-corrected chi connectivity index (χ1v) is 9.16. The van der Waals surface area contributed by atoms with Gasteiger partial charge in [-0.25, -0.2) is 14.4 Å². The van der Waals surface area contributed by atoms with Crippen molar-refractivity contribution in [3.63, 3.8) is 0 Å². The number of ether oxygens (including phenoxy) is 3. The summed E-state index contributed by atoms with van der Waals surface area (Å²) >= 11 is 0. The molecule has 1 atom stereocenters. The van der Waals surface area contributed by atoms with Gasteiger partial charge in [-0.3, -0.25) is 5.32 Å². The van der Waals surface area contributed by atoms with Crippen LogP contribution in [0.1, 0.15) is 26.3 Å². The minimum absolute atomic E-state index is 0.00588. The van der Waals surface area contributed by atoms with E-state index in [0.29, 0.717) is 6.54 Å². The fourth-order valence-corrected chi connectivity index (χ4v) is 2.49. The Morgan fingerprint density at radius 1 is 1.28 bits per heavy atom. The summed E-state index contributed by atoms with van der Waals surface area (Å²) in [6, 6.07) is 9.00. The molecule has 1 aliphatic heterocycles. The average Bonchev–Trinajstić information content (AvgIpc) is 2.65. The maximum absolute atomic E-state index is 12.2. The zero-order chi connectivity index (χ0) is 21.4. The molecule has 2 amide bonds. The van der Waals surface area contributed by atoms with Gasteiger partial charge < -0.3 is 24.2 Å². The van der Waals surface area contributed by atoms with Crippen LogP contribution in [0.5, 0.6) is 0 Å². The van der Waals surface area contributed by atoms with Gasteiger partial charge in [0.1, 0.15) is 17.9 Å². The normalized spacial score (nSPS) is 17.4. The summed E-state index contributed by atoms with van der Waals surface area (Å²) in [5, 5.41) is 11.6. The first-order valence-electron chi connectivity index (χ1n) is 9.16. The Balaban J connectivity index is 1.95. The van der Waals surface area contributed by atoms with E-state index in [1.807, 2.05) is 6.07 Å². The molecule has 2 N–H and O–H groups in total. The molecule has 1 aromatic rings. The molecule has 0 aromatic heterocycles. The molecule has 1 fully saturated rings. The van der Waals surface area contributed by atoms with Crippen molar-refractivity contribution >= 4 is 18.2 Å². The van der Waals surface area contributed by atoms with Gasteiger partial charge in [-0.05, 0) is 32.4 Å². The van der Waals surface area contributed by atoms with Gasteiger partial charge in [0.2, 0.25) is 0 Å². The lowest BCUT2D eigenvalue weighted by Gasteiger charge is -2.33. The van der Waals surface area contributed by atoms with E-state index in [1.165, 1.54) is 11.0 Å². The fraction of sp³-hybridized carbons (Fsp3) is 0.450. The van der Waals surface area contributed by atoms with E-state index in [0.717, 1.165) is 5.56 Å². The molecule has 9 heteroatoms. The summed E-state index contributed by atoms with van der Waals surface area (Å²) < 4.78 is 15.9. The van der Waals surface area contributed by atoms with Gasteiger partial charge in [-0.1, -0.05) is 30.3 Å². The van der Waals surface area contributed by atoms with Gasteiger partial charge in [-0.15, -0.1) is 0 Å².